The third-order valence-electron chi connectivity index (χ3n) is 3.42. The van der Waals surface area contributed by atoms with Crippen molar-refractivity contribution in [3.63, 3.8) is 0 Å². The zero-order valence-corrected chi connectivity index (χ0v) is 11.4. The summed E-state index contributed by atoms with van der Waals surface area (Å²) in [5, 5.41) is 0.570. The van der Waals surface area contributed by atoms with Gasteiger partial charge in [-0.15, -0.1) is 0 Å². The number of hydrogen-bond donors (Lipinski definition) is 0. The van der Waals surface area contributed by atoms with Crippen molar-refractivity contribution >= 4 is 26.8 Å². The molecule has 2 aromatic rings. The van der Waals surface area contributed by atoms with Gasteiger partial charge in [0.15, 0.2) is 0 Å². The number of pyridine rings is 1. The van der Waals surface area contributed by atoms with Gasteiger partial charge in [-0.05, 0) is 53.0 Å². The van der Waals surface area contributed by atoms with Crippen LogP contribution in [-0.4, -0.2) is 18.2 Å². The molecule has 0 N–H and O–H groups in total. The smallest absolute Gasteiger partial charge is 0.146 e. The maximum atomic E-state index is 13.9. The summed E-state index contributed by atoms with van der Waals surface area (Å²) in [7, 11) is 0. The Labute approximate surface area is 113 Å². The first kappa shape index (κ1) is 12.1. The van der Waals surface area contributed by atoms with Gasteiger partial charge in [0.25, 0.3) is 0 Å². The third-order valence-corrected chi connectivity index (χ3v) is 4.03. The van der Waals surface area contributed by atoms with Crippen LogP contribution in [0.3, 0.4) is 0 Å². The number of hydrogen-bond acceptors (Lipinski definition) is 2. The average Bonchev–Trinajstić information content (AvgIpc) is 2.44. The average molecular weight is 310 g/mol. The van der Waals surface area contributed by atoms with E-state index in [0.717, 1.165) is 37.3 Å². The van der Waals surface area contributed by atoms with Crippen LogP contribution in [0.1, 0.15) is 24.5 Å². The molecule has 2 heterocycles. The summed E-state index contributed by atoms with van der Waals surface area (Å²) in [5.41, 5.74) is 1.77. The molecule has 0 radical (unpaired) electrons. The molecule has 2 nitrogen and oxygen atoms in total. The maximum absolute atomic E-state index is 13.9. The summed E-state index contributed by atoms with van der Waals surface area (Å²) >= 11 is 3.19. The molecule has 1 saturated heterocycles. The first-order valence-electron chi connectivity index (χ1n) is 6.08. The number of fused-ring (bicyclic) bond motifs is 1. The molecule has 0 amide bonds. The largest absolute Gasteiger partial charge is 0.381 e. The molecule has 0 spiro atoms. The quantitative estimate of drug-likeness (QED) is 0.793. The molecular weight excluding hydrogens is 297 g/mol. The van der Waals surface area contributed by atoms with Gasteiger partial charge in [0.2, 0.25) is 0 Å². The zero-order chi connectivity index (χ0) is 12.5. The molecule has 4 heteroatoms. The fourth-order valence-corrected chi connectivity index (χ4v) is 2.72. The van der Waals surface area contributed by atoms with E-state index in [4.69, 9.17) is 4.74 Å². The third kappa shape index (κ3) is 2.15. The highest BCUT2D eigenvalue weighted by atomic mass is 79.9. The Morgan fingerprint density at radius 3 is 2.72 bits per heavy atom. The van der Waals surface area contributed by atoms with Gasteiger partial charge in [0.1, 0.15) is 5.82 Å². The van der Waals surface area contributed by atoms with E-state index in [0.29, 0.717) is 15.8 Å². The minimum atomic E-state index is -0.237. The van der Waals surface area contributed by atoms with Crippen molar-refractivity contribution in [2.24, 2.45) is 0 Å². The first-order valence-corrected chi connectivity index (χ1v) is 6.87. The minimum Gasteiger partial charge on any atom is -0.381 e. The van der Waals surface area contributed by atoms with Crippen molar-refractivity contribution in [3.05, 3.63) is 40.2 Å². The van der Waals surface area contributed by atoms with Crippen LogP contribution in [0.25, 0.3) is 10.9 Å². The van der Waals surface area contributed by atoms with Crippen LogP contribution in [0.2, 0.25) is 0 Å². The Bertz CT molecular complexity index is 581. The van der Waals surface area contributed by atoms with Crippen LogP contribution in [0.15, 0.2) is 28.7 Å². The Balaban J connectivity index is 2.03. The second-order valence-corrected chi connectivity index (χ2v) is 5.41. The lowest BCUT2D eigenvalue weighted by Gasteiger charge is -2.21. The standard InChI is InChI=1S/C14H13BrFNO/c15-11-2-4-13-10(14(11)16)1-3-12(17-13)9-5-7-18-8-6-9/h1-4,9H,5-8H2. The van der Waals surface area contributed by atoms with E-state index in [9.17, 15) is 4.39 Å². The molecule has 0 saturated carbocycles. The lowest BCUT2D eigenvalue weighted by molar-refractivity contribution is 0.0846. The summed E-state index contributed by atoms with van der Waals surface area (Å²) in [6.45, 7) is 1.58. The van der Waals surface area contributed by atoms with Crippen molar-refractivity contribution in [1.29, 1.82) is 0 Å². The van der Waals surface area contributed by atoms with Crippen LogP contribution in [0, 0.1) is 5.82 Å². The van der Waals surface area contributed by atoms with Crippen molar-refractivity contribution < 1.29 is 9.13 Å². The fraction of sp³-hybridized carbons (Fsp3) is 0.357. The molecule has 1 aromatic carbocycles. The number of rotatable bonds is 1. The molecule has 18 heavy (non-hydrogen) atoms. The van der Waals surface area contributed by atoms with Crippen LogP contribution < -0.4 is 0 Å². The van der Waals surface area contributed by atoms with Gasteiger partial charge in [-0.25, -0.2) is 4.39 Å². The molecular formula is C14H13BrFNO. The molecule has 1 aromatic heterocycles. The van der Waals surface area contributed by atoms with Crippen molar-refractivity contribution in [3.8, 4) is 0 Å². The zero-order valence-electron chi connectivity index (χ0n) is 9.83. The van der Waals surface area contributed by atoms with E-state index >= 15 is 0 Å². The second-order valence-electron chi connectivity index (χ2n) is 4.55. The van der Waals surface area contributed by atoms with E-state index in [1.807, 2.05) is 18.2 Å². The number of halogens is 2. The lowest BCUT2D eigenvalue weighted by atomic mass is 9.95. The van der Waals surface area contributed by atoms with Crippen LogP contribution in [0.5, 0.6) is 0 Å². The van der Waals surface area contributed by atoms with E-state index in [-0.39, 0.29) is 5.82 Å². The fourth-order valence-electron chi connectivity index (χ4n) is 2.38. The van der Waals surface area contributed by atoms with E-state index < -0.39 is 0 Å². The normalized spacial score (nSPS) is 17.2. The molecule has 1 aliphatic heterocycles. The highest BCUT2D eigenvalue weighted by Gasteiger charge is 2.18. The Morgan fingerprint density at radius 1 is 1.17 bits per heavy atom. The number of nitrogens with zero attached hydrogens (tertiary/aromatic N) is 1. The highest BCUT2D eigenvalue weighted by Crippen LogP contribution is 2.29. The van der Waals surface area contributed by atoms with Gasteiger partial charge in [0.05, 0.1) is 9.99 Å². The Hall–Kier alpha value is -1.00. The minimum absolute atomic E-state index is 0.237. The van der Waals surface area contributed by atoms with Crippen LogP contribution >= 0.6 is 15.9 Å². The number of benzene rings is 1. The van der Waals surface area contributed by atoms with Crippen LogP contribution in [0.4, 0.5) is 4.39 Å². The number of aromatic nitrogens is 1. The highest BCUT2D eigenvalue weighted by molar-refractivity contribution is 9.10. The van der Waals surface area contributed by atoms with E-state index in [1.54, 1.807) is 6.07 Å². The summed E-state index contributed by atoms with van der Waals surface area (Å²) in [4.78, 5) is 4.58. The topological polar surface area (TPSA) is 22.1 Å². The molecule has 3 rings (SSSR count). The van der Waals surface area contributed by atoms with Gasteiger partial charge in [-0.2, -0.15) is 0 Å². The Morgan fingerprint density at radius 2 is 1.94 bits per heavy atom. The molecule has 0 aliphatic carbocycles. The van der Waals surface area contributed by atoms with Crippen molar-refractivity contribution in [2.75, 3.05) is 13.2 Å². The van der Waals surface area contributed by atoms with Crippen LogP contribution in [-0.2, 0) is 4.74 Å². The van der Waals surface area contributed by atoms with Gasteiger partial charge in [-0.3, -0.25) is 4.98 Å². The predicted octanol–water partition coefficient (Wildman–Crippen LogP) is 4.03. The van der Waals surface area contributed by atoms with Gasteiger partial charge in [-0.1, -0.05) is 0 Å². The van der Waals surface area contributed by atoms with Gasteiger partial charge < -0.3 is 4.74 Å². The second kappa shape index (κ2) is 4.94. The molecule has 1 fully saturated rings. The monoisotopic (exact) mass is 309 g/mol. The first-order chi connectivity index (χ1) is 8.75. The molecule has 0 unspecified atom stereocenters. The predicted molar refractivity (Wildman–Crippen MR) is 72.2 cm³/mol. The van der Waals surface area contributed by atoms with Gasteiger partial charge in [0, 0.05) is 30.2 Å². The summed E-state index contributed by atoms with van der Waals surface area (Å²) < 4.78 is 19.7. The molecule has 94 valence electrons. The molecule has 0 atom stereocenters. The molecule has 1 aliphatic rings. The summed E-state index contributed by atoms with van der Waals surface area (Å²) in [6.07, 6.45) is 2.00. The van der Waals surface area contributed by atoms with E-state index in [2.05, 4.69) is 20.9 Å². The Kier molecular flexibility index (Phi) is 3.31. The van der Waals surface area contributed by atoms with Gasteiger partial charge >= 0.3 is 0 Å². The van der Waals surface area contributed by atoms with Crippen molar-refractivity contribution in [1.82, 2.24) is 4.98 Å². The summed E-state index contributed by atoms with van der Waals surface area (Å²) in [5.74, 6) is 0.202. The van der Waals surface area contributed by atoms with E-state index in [1.165, 1.54) is 0 Å². The number of ether oxygens (including phenoxy) is 1. The maximum Gasteiger partial charge on any atom is 0.146 e. The summed E-state index contributed by atoms with van der Waals surface area (Å²) in [6, 6.07) is 7.32. The SMILES string of the molecule is Fc1c(Br)ccc2nc(C3CCOCC3)ccc12. The molecule has 0 bridgehead atoms. The lowest BCUT2D eigenvalue weighted by Crippen LogP contribution is -2.15. The van der Waals surface area contributed by atoms with Crippen molar-refractivity contribution in [2.45, 2.75) is 18.8 Å².